The maximum Gasteiger partial charge on any atom is 0.508 e. The predicted molar refractivity (Wildman–Crippen MR) is 327 cm³/mol. The molecule has 0 rings (SSSR count). The summed E-state index contributed by atoms with van der Waals surface area (Å²) in [5.74, 6) is -0.674. The molecule has 17 heteroatoms. The van der Waals surface area contributed by atoms with Crippen molar-refractivity contribution >= 4 is 30.0 Å². The number of allylic oxidation sites excluding steroid dienone is 4. The van der Waals surface area contributed by atoms with Crippen LogP contribution >= 0.6 is 0 Å². The average molecular weight is 1170 g/mol. The van der Waals surface area contributed by atoms with Crippen LogP contribution in [0.5, 0.6) is 0 Å². The molecule has 480 valence electrons. The van der Waals surface area contributed by atoms with Gasteiger partial charge in [-0.1, -0.05) is 143 Å². The maximum atomic E-state index is 12.9. The minimum Gasteiger partial charge on any atom is -0.466 e. The quantitative estimate of drug-likeness (QED) is 0.0199. The molecule has 0 aliphatic heterocycles. The van der Waals surface area contributed by atoms with Gasteiger partial charge in [0.2, 0.25) is 0 Å². The Morgan fingerprint density at radius 2 is 0.780 bits per heavy atom. The smallest absolute Gasteiger partial charge is 0.466 e. The lowest BCUT2D eigenvalue weighted by atomic mass is 9.96. The second kappa shape index (κ2) is 59.1. The largest absolute Gasteiger partial charge is 0.508 e. The Kier molecular flexibility index (Phi) is 56.5. The third kappa shape index (κ3) is 53.1. The number of ether oxygens (including phenoxy) is 8. The summed E-state index contributed by atoms with van der Waals surface area (Å²) < 4.78 is 43.6. The monoisotopic (exact) mass is 1170 g/mol. The van der Waals surface area contributed by atoms with Crippen LogP contribution in [0.15, 0.2) is 24.3 Å². The number of carbonyl (C=O) groups excluding carboxylic acids is 5. The van der Waals surface area contributed by atoms with E-state index in [0.717, 1.165) is 142 Å². The van der Waals surface area contributed by atoms with E-state index in [9.17, 15) is 29.1 Å². The molecule has 17 nitrogen and oxygen atoms in total. The van der Waals surface area contributed by atoms with Gasteiger partial charge in [0.05, 0.1) is 58.7 Å². The van der Waals surface area contributed by atoms with Crippen molar-refractivity contribution in [2.45, 2.75) is 241 Å². The van der Waals surface area contributed by atoms with E-state index in [1.54, 1.807) is 0 Å². The predicted octanol–water partition coefficient (Wildman–Crippen LogP) is 13.3. The highest BCUT2D eigenvalue weighted by molar-refractivity contribution is 5.71. The first-order valence-electron chi connectivity index (χ1n) is 32.7. The normalized spacial score (nSPS) is 12.9. The van der Waals surface area contributed by atoms with Gasteiger partial charge in [0, 0.05) is 26.2 Å². The van der Waals surface area contributed by atoms with E-state index in [2.05, 4.69) is 82.7 Å². The zero-order valence-corrected chi connectivity index (χ0v) is 53.2. The molecule has 0 radical (unpaired) electrons. The SMILES string of the molecule is CC/C=C\CCCCOC(=O)CCN(CCCN(C)CCCN(CCC(=O)OCCOC(=O)OCC(CCCC)CCCCCC)CCC(=O)OCCOC(O)OCC(CCCC)CCCCCC)CCC(=O)OCCCC/C=C\CC. The molecule has 0 saturated carbocycles. The minimum absolute atomic E-state index is 0.0168. The standard InChI is InChI=1S/C65H121N3O14/c1-8-14-20-24-26-30-50-75-60(69)38-46-67(47-39-61(70)76-51-31-27-25-21-15-9-2)44-32-42-66(7)43-33-45-68(48-40-62(71)77-52-54-79-64(73)81-56-58(34-18-12-5)36-28-22-16-10-3)49-41-63(72)78-53-55-80-65(74)82-57-59(35-19-13-6)37-29-23-17-11-4/h14-15,20-21,58-59,64,73H,8-13,16-19,22-57H2,1-7H3/b20-14-,21-15-. The first kappa shape index (κ1) is 78.4. The number of aliphatic hydroxyl groups is 1. The van der Waals surface area contributed by atoms with Crippen molar-refractivity contribution in [2.75, 3.05) is 112 Å². The second-order valence-corrected chi connectivity index (χ2v) is 22.0. The Morgan fingerprint density at radius 1 is 0.378 bits per heavy atom. The summed E-state index contributed by atoms with van der Waals surface area (Å²) in [5, 5.41) is 10.4. The van der Waals surface area contributed by atoms with Gasteiger partial charge in [-0.15, -0.1) is 0 Å². The summed E-state index contributed by atoms with van der Waals surface area (Å²) >= 11 is 0. The van der Waals surface area contributed by atoms with Gasteiger partial charge in [0.25, 0.3) is 6.48 Å². The Hall–Kier alpha value is -3.61. The first-order valence-corrected chi connectivity index (χ1v) is 32.7. The van der Waals surface area contributed by atoms with Crippen LogP contribution in [0.2, 0.25) is 0 Å². The Balaban J connectivity index is 5.38. The summed E-state index contributed by atoms with van der Waals surface area (Å²) in [4.78, 5) is 70.1. The number of carbonyl (C=O) groups is 5. The molecule has 82 heavy (non-hydrogen) atoms. The molecule has 3 atom stereocenters. The van der Waals surface area contributed by atoms with E-state index >= 15 is 0 Å². The van der Waals surface area contributed by atoms with Crippen molar-refractivity contribution in [3.63, 3.8) is 0 Å². The van der Waals surface area contributed by atoms with Gasteiger partial charge in [0.1, 0.15) is 19.8 Å². The van der Waals surface area contributed by atoms with Crippen LogP contribution in [0.1, 0.15) is 234 Å². The van der Waals surface area contributed by atoms with E-state index in [4.69, 9.17) is 37.9 Å². The molecule has 0 heterocycles. The number of hydrogen-bond donors (Lipinski definition) is 1. The fraction of sp³-hybridized carbons (Fsp3) is 0.862. The van der Waals surface area contributed by atoms with Gasteiger partial charge < -0.3 is 57.7 Å². The number of unbranched alkanes of at least 4 members (excludes halogenated alkanes) is 12. The van der Waals surface area contributed by atoms with Crippen molar-refractivity contribution in [2.24, 2.45) is 11.8 Å². The number of aliphatic hydroxyl groups excluding tert-OH is 1. The molecule has 0 saturated heterocycles. The molecule has 0 amide bonds. The molecule has 0 aliphatic carbocycles. The summed E-state index contributed by atoms with van der Waals surface area (Å²) in [6.07, 6.45) is 35.6. The molecule has 1 N–H and O–H groups in total. The van der Waals surface area contributed by atoms with Gasteiger partial charge in [-0.3, -0.25) is 19.2 Å². The lowest BCUT2D eigenvalue weighted by Crippen LogP contribution is -2.34. The van der Waals surface area contributed by atoms with Gasteiger partial charge >= 0.3 is 30.0 Å². The van der Waals surface area contributed by atoms with E-state index < -0.39 is 24.6 Å². The summed E-state index contributed by atoms with van der Waals surface area (Å²) in [5.41, 5.74) is 0. The summed E-state index contributed by atoms with van der Waals surface area (Å²) in [7, 11) is 2.05. The van der Waals surface area contributed by atoms with Crippen molar-refractivity contribution in [1.29, 1.82) is 0 Å². The number of esters is 4. The Labute approximate surface area is 499 Å². The van der Waals surface area contributed by atoms with Crippen LogP contribution in [0, 0.1) is 11.8 Å². The van der Waals surface area contributed by atoms with E-state index in [1.807, 2.05) is 4.90 Å². The molecular formula is C65H121N3O14. The topological polar surface area (TPSA) is 189 Å². The van der Waals surface area contributed by atoms with Crippen LogP contribution < -0.4 is 0 Å². The average Bonchev–Trinajstić information content (AvgIpc) is 3.46. The molecular weight excluding hydrogens is 1050 g/mol. The number of nitrogens with zero attached hydrogens (tertiary/aromatic N) is 3. The lowest BCUT2D eigenvalue weighted by molar-refractivity contribution is -0.270. The number of rotatable bonds is 60. The zero-order chi connectivity index (χ0) is 60.4. The maximum absolute atomic E-state index is 12.9. The highest BCUT2D eigenvalue weighted by Gasteiger charge is 2.18. The lowest BCUT2D eigenvalue weighted by Gasteiger charge is -2.25. The third-order valence-electron chi connectivity index (χ3n) is 14.4. The fourth-order valence-corrected chi connectivity index (χ4v) is 9.27. The molecule has 0 aliphatic rings. The highest BCUT2D eigenvalue weighted by atomic mass is 16.8. The van der Waals surface area contributed by atoms with Crippen LogP contribution in [0.4, 0.5) is 4.79 Å². The molecule has 0 aromatic heterocycles. The van der Waals surface area contributed by atoms with Crippen LogP contribution in [-0.2, 0) is 57.1 Å². The molecule has 0 bridgehead atoms. The van der Waals surface area contributed by atoms with Crippen molar-refractivity contribution in [1.82, 2.24) is 14.7 Å². The van der Waals surface area contributed by atoms with Crippen molar-refractivity contribution < 1.29 is 67.0 Å². The van der Waals surface area contributed by atoms with E-state index in [0.29, 0.717) is 77.5 Å². The van der Waals surface area contributed by atoms with Crippen LogP contribution in [0.3, 0.4) is 0 Å². The Morgan fingerprint density at radius 3 is 1.22 bits per heavy atom. The summed E-state index contributed by atoms with van der Waals surface area (Å²) in [6, 6.07) is 0. The molecule has 0 spiro atoms. The van der Waals surface area contributed by atoms with Gasteiger partial charge in [-0.25, -0.2) is 4.79 Å². The fourth-order valence-electron chi connectivity index (χ4n) is 9.27. The molecule has 3 unspecified atom stereocenters. The zero-order valence-electron chi connectivity index (χ0n) is 53.2. The first-order chi connectivity index (χ1) is 39.9. The second-order valence-electron chi connectivity index (χ2n) is 22.0. The van der Waals surface area contributed by atoms with Crippen molar-refractivity contribution in [3.05, 3.63) is 24.3 Å². The molecule has 0 aromatic carbocycles. The molecule has 0 fully saturated rings. The minimum atomic E-state index is -1.40. The van der Waals surface area contributed by atoms with Crippen LogP contribution in [-0.4, -0.2) is 169 Å². The summed E-state index contributed by atoms with van der Waals surface area (Å²) in [6.45, 7) is 17.3. The van der Waals surface area contributed by atoms with Crippen LogP contribution in [0.25, 0.3) is 0 Å². The highest BCUT2D eigenvalue weighted by Crippen LogP contribution is 2.20. The third-order valence-corrected chi connectivity index (χ3v) is 14.4. The van der Waals surface area contributed by atoms with E-state index in [1.165, 1.54) is 38.5 Å². The van der Waals surface area contributed by atoms with Gasteiger partial charge in [0.15, 0.2) is 0 Å². The molecule has 0 aromatic rings. The van der Waals surface area contributed by atoms with Gasteiger partial charge in [-0.2, -0.15) is 0 Å². The van der Waals surface area contributed by atoms with Crippen molar-refractivity contribution in [3.8, 4) is 0 Å². The van der Waals surface area contributed by atoms with E-state index in [-0.39, 0.29) is 64.0 Å². The number of hydrogen-bond acceptors (Lipinski definition) is 17. The van der Waals surface area contributed by atoms with Gasteiger partial charge in [-0.05, 0) is 135 Å². The Bertz CT molecular complexity index is 1530.